The minimum Gasteiger partial charge on any atom is -0.325 e. The van der Waals surface area contributed by atoms with Crippen LogP contribution in [0.5, 0.6) is 0 Å². The van der Waals surface area contributed by atoms with Gasteiger partial charge in [-0.3, -0.25) is 4.79 Å². The summed E-state index contributed by atoms with van der Waals surface area (Å²) in [7, 11) is 0. The van der Waals surface area contributed by atoms with Gasteiger partial charge in [0, 0.05) is 29.9 Å². The van der Waals surface area contributed by atoms with E-state index in [1.165, 1.54) is 6.92 Å². The zero-order valence-corrected chi connectivity index (χ0v) is 11.9. The van der Waals surface area contributed by atoms with Crippen LogP contribution in [-0.4, -0.2) is 10.9 Å². The molecule has 0 saturated heterocycles. The highest BCUT2D eigenvalue weighted by molar-refractivity contribution is 7.10. The van der Waals surface area contributed by atoms with E-state index in [-0.39, 0.29) is 11.9 Å². The summed E-state index contributed by atoms with van der Waals surface area (Å²) in [6.07, 6.45) is 1.81. The Labute approximate surface area is 114 Å². The van der Waals surface area contributed by atoms with Gasteiger partial charge in [-0.15, -0.1) is 22.7 Å². The van der Waals surface area contributed by atoms with E-state index in [2.05, 4.69) is 22.5 Å². The fourth-order valence-corrected chi connectivity index (χ4v) is 3.01. The Morgan fingerprint density at radius 2 is 2.28 bits per heavy atom. The second-order valence-corrected chi connectivity index (χ2v) is 5.84. The molecule has 0 saturated carbocycles. The number of amides is 1. The highest BCUT2D eigenvalue weighted by atomic mass is 32.1. The van der Waals surface area contributed by atoms with Gasteiger partial charge >= 0.3 is 0 Å². The Hall–Kier alpha value is -1.24. The highest BCUT2D eigenvalue weighted by Gasteiger charge is 2.10. The van der Waals surface area contributed by atoms with Crippen molar-refractivity contribution >= 4 is 34.3 Å². The highest BCUT2D eigenvalue weighted by Crippen LogP contribution is 2.23. The lowest BCUT2D eigenvalue weighted by Crippen LogP contribution is -2.18. The average Bonchev–Trinajstić information content (AvgIpc) is 2.95. The molecule has 1 atom stereocenters. The number of nitrogens with one attached hydrogen (secondary N) is 2. The van der Waals surface area contributed by atoms with Crippen molar-refractivity contribution in [3.8, 4) is 0 Å². The van der Waals surface area contributed by atoms with Crippen molar-refractivity contribution in [3.63, 3.8) is 0 Å². The Bertz CT molecular complexity index is 507. The number of carbonyl (C=O) groups is 1. The number of anilines is 1. The molecular weight excluding hydrogens is 266 g/mol. The minimum atomic E-state index is -0.0392. The van der Waals surface area contributed by atoms with E-state index in [0.29, 0.717) is 0 Å². The van der Waals surface area contributed by atoms with Gasteiger partial charge < -0.3 is 10.6 Å². The number of nitrogens with zero attached hydrogens (tertiary/aromatic N) is 1. The maximum absolute atomic E-state index is 11.1. The number of aromatic nitrogens is 1. The van der Waals surface area contributed by atoms with Gasteiger partial charge in [0.15, 0.2) is 0 Å². The third kappa shape index (κ3) is 3.38. The van der Waals surface area contributed by atoms with Crippen LogP contribution in [0.15, 0.2) is 23.0 Å². The van der Waals surface area contributed by atoms with E-state index >= 15 is 0 Å². The van der Waals surface area contributed by atoms with Crippen molar-refractivity contribution in [2.24, 2.45) is 0 Å². The van der Waals surface area contributed by atoms with Crippen molar-refractivity contribution in [1.82, 2.24) is 10.3 Å². The van der Waals surface area contributed by atoms with Crippen molar-refractivity contribution in [2.45, 2.75) is 26.4 Å². The zero-order chi connectivity index (χ0) is 13.0. The Kier molecular flexibility index (Phi) is 4.46. The summed E-state index contributed by atoms with van der Waals surface area (Å²) in [5, 5.41) is 11.3. The third-order valence-corrected chi connectivity index (χ3v) is 4.33. The monoisotopic (exact) mass is 281 g/mol. The number of thiophene rings is 1. The van der Waals surface area contributed by atoms with E-state index in [4.69, 9.17) is 0 Å². The first kappa shape index (κ1) is 13.2. The van der Waals surface area contributed by atoms with E-state index in [0.717, 1.165) is 22.1 Å². The number of thiazole rings is 1. The summed E-state index contributed by atoms with van der Waals surface area (Å²) in [5.41, 5.74) is 0.895. The summed E-state index contributed by atoms with van der Waals surface area (Å²) >= 11 is 3.28. The largest absolute Gasteiger partial charge is 0.325 e. The molecule has 0 aliphatic carbocycles. The fraction of sp³-hybridized carbons (Fsp3) is 0.333. The second kappa shape index (κ2) is 6.08. The van der Waals surface area contributed by atoms with Gasteiger partial charge in [-0.25, -0.2) is 4.98 Å². The van der Waals surface area contributed by atoms with E-state index < -0.39 is 0 Å². The van der Waals surface area contributed by atoms with Crippen LogP contribution in [0.3, 0.4) is 0 Å². The van der Waals surface area contributed by atoms with Crippen LogP contribution in [0.25, 0.3) is 0 Å². The van der Waals surface area contributed by atoms with Crippen molar-refractivity contribution < 1.29 is 4.79 Å². The van der Waals surface area contributed by atoms with Crippen LogP contribution in [-0.2, 0) is 11.3 Å². The molecule has 0 bridgehead atoms. The fourth-order valence-electron chi connectivity index (χ4n) is 1.56. The van der Waals surface area contributed by atoms with Crippen molar-refractivity contribution in [1.29, 1.82) is 0 Å². The molecule has 18 heavy (non-hydrogen) atoms. The Balaban J connectivity index is 1.94. The molecule has 0 radical (unpaired) electrons. The summed E-state index contributed by atoms with van der Waals surface area (Å²) in [5.74, 6) is -0.0392. The lowest BCUT2D eigenvalue weighted by atomic mass is 10.3. The van der Waals surface area contributed by atoms with E-state index in [1.807, 2.05) is 23.0 Å². The maximum Gasteiger partial charge on any atom is 0.221 e. The molecule has 96 valence electrons. The quantitative estimate of drug-likeness (QED) is 0.885. The van der Waals surface area contributed by atoms with Gasteiger partial charge in [0.25, 0.3) is 0 Å². The third-order valence-electron chi connectivity index (χ3n) is 2.45. The van der Waals surface area contributed by atoms with Gasteiger partial charge in [-0.1, -0.05) is 0 Å². The van der Waals surface area contributed by atoms with Crippen LogP contribution < -0.4 is 10.6 Å². The predicted octanol–water partition coefficient (Wildman–Crippen LogP) is 3.01. The van der Waals surface area contributed by atoms with Crippen LogP contribution in [0, 0.1) is 0 Å². The summed E-state index contributed by atoms with van der Waals surface area (Å²) in [6, 6.07) is 2.15. The molecule has 2 rings (SSSR count). The first-order valence-electron chi connectivity index (χ1n) is 5.63. The van der Waals surface area contributed by atoms with Crippen LogP contribution in [0.2, 0.25) is 0 Å². The first-order chi connectivity index (χ1) is 8.66. The molecule has 2 heterocycles. The van der Waals surface area contributed by atoms with E-state index in [9.17, 15) is 4.79 Å². The zero-order valence-electron chi connectivity index (χ0n) is 10.3. The molecule has 2 aromatic heterocycles. The molecule has 0 aliphatic heterocycles. The Morgan fingerprint density at radius 3 is 2.94 bits per heavy atom. The average molecular weight is 281 g/mol. The summed E-state index contributed by atoms with van der Waals surface area (Å²) < 4.78 is 0. The number of hydrogen-bond donors (Lipinski definition) is 2. The lowest BCUT2D eigenvalue weighted by molar-refractivity contribution is -0.114. The molecule has 0 spiro atoms. The second-order valence-electron chi connectivity index (χ2n) is 3.91. The molecule has 2 aromatic rings. The van der Waals surface area contributed by atoms with Gasteiger partial charge in [0.05, 0.1) is 11.7 Å². The molecule has 1 amide bonds. The maximum atomic E-state index is 11.1. The molecule has 0 aromatic carbocycles. The number of rotatable bonds is 5. The van der Waals surface area contributed by atoms with Gasteiger partial charge in [0.1, 0.15) is 5.01 Å². The van der Waals surface area contributed by atoms with E-state index in [1.54, 1.807) is 22.7 Å². The normalized spacial score (nSPS) is 12.3. The molecule has 2 N–H and O–H groups in total. The Morgan fingerprint density at radius 1 is 1.44 bits per heavy atom. The number of carbonyl (C=O) groups excluding carboxylic acids is 1. The lowest BCUT2D eigenvalue weighted by Gasteiger charge is -2.11. The topological polar surface area (TPSA) is 54.0 Å². The van der Waals surface area contributed by atoms with Crippen molar-refractivity contribution in [2.75, 3.05) is 5.32 Å². The molecule has 4 nitrogen and oxygen atoms in total. The molecule has 6 heteroatoms. The van der Waals surface area contributed by atoms with Gasteiger partial charge in [0.2, 0.25) is 5.91 Å². The first-order valence-corrected chi connectivity index (χ1v) is 7.39. The summed E-state index contributed by atoms with van der Waals surface area (Å²) in [4.78, 5) is 16.5. The van der Waals surface area contributed by atoms with Gasteiger partial charge in [-0.05, 0) is 18.4 Å². The predicted molar refractivity (Wildman–Crippen MR) is 76.0 cm³/mol. The molecule has 0 aliphatic rings. The molecular formula is C12H15N3OS2. The van der Waals surface area contributed by atoms with Crippen LogP contribution in [0.1, 0.15) is 29.8 Å². The smallest absolute Gasteiger partial charge is 0.221 e. The standard InChI is InChI=1S/C12H15N3OS2/c1-8(12-13-4-6-18-12)14-7-11-10(3-5-17-11)15-9(2)16/h3-6,8,14H,7H2,1-2H3,(H,15,16). The summed E-state index contributed by atoms with van der Waals surface area (Å²) in [6.45, 7) is 4.34. The minimum absolute atomic E-state index is 0.0392. The van der Waals surface area contributed by atoms with Crippen LogP contribution in [0.4, 0.5) is 5.69 Å². The van der Waals surface area contributed by atoms with Crippen molar-refractivity contribution in [3.05, 3.63) is 32.9 Å². The van der Waals surface area contributed by atoms with Gasteiger partial charge in [-0.2, -0.15) is 0 Å². The SMILES string of the molecule is CC(=O)Nc1ccsc1CNC(C)c1nccs1. The van der Waals surface area contributed by atoms with Crippen LogP contribution >= 0.6 is 22.7 Å². The molecule has 1 unspecified atom stereocenters. The number of hydrogen-bond acceptors (Lipinski definition) is 5. The molecule has 0 fully saturated rings.